The Morgan fingerprint density at radius 1 is 0.257 bits per heavy atom. The lowest BCUT2D eigenvalue weighted by Crippen LogP contribution is -2.30. The molecule has 0 heterocycles. The first-order valence-electron chi connectivity index (χ1n) is 44.6. The maximum absolute atomic E-state index is 13.1. The van der Waals surface area contributed by atoms with Gasteiger partial charge in [0.2, 0.25) is 0 Å². The molecule has 2 unspecified atom stereocenters. The summed E-state index contributed by atoms with van der Waals surface area (Å²) >= 11 is 0. The summed E-state index contributed by atoms with van der Waals surface area (Å²) < 4.78 is 68.8. The van der Waals surface area contributed by atoms with Crippen LogP contribution in [0.3, 0.4) is 0 Å². The fourth-order valence-electron chi connectivity index (χ4n) is 13.5. The van der Waals surface area contributed by atoms with Crippen LogP contribution in [0, 0.1) is 5.92 Å². The molecule has 0 saturated heterocycles. The summed E-state index contributed by atoms with van der Waals surface area (Å²) in [6.45, 7) is 7.38. The van der Waals surface area contributed by atoms with Crippen molar-refractivity contribution in [3.05, 3.63) is 0 Å². The van der Waals surface area contributed by atoms with Crippen molar-refractivity contribution in [1.29, 1.82) is 0 Å². The number of hydrogen-bond donors (Lipinski definition) is 3. The summed E-state index contributed by atoms with van der Waals surface area (Å²) in [4.78, 5) is 73.1. The number of aliphatic hydroxyl groups excluding tert-OH is 1. The predicted molar refractivity (Wildman–Crippen MR) is 432 cm³/mol. The number of carbonyl (C=O) groups is 4. The van der Waals surface area contributed by atoms with E-state index in [0.717, 1.165) is 95.8 Å². The Balaban J connectivity index is 5.20. The molecular formula is C86H168O17P2. The van der Waals surface area contributed by atoms with Gasteiger partial charge in [-0.15, -0.1) is 0 Å². The van der Waals surface area contributed by atoms with Crippen LogP contribution in [0.25, 0.3) is 0 Å². The van der Waals surface area contributed by atoms with Crippen molar-refractivity contribution in [2.45, 2.75) is 483 Å². The van der Waals surface area contributed by atoms with Crippen LogP contribution in [0.5, 0.6) is 0 Å². The number of unbranched alkanes of at least 4 members (excludes halogenated alkanes) is 58. The minimum atomic E-state index is -4.96. The zero-order valence-corrected chi connectivity index (χ0v) is 70.7. The molecule has 0 fully saturated rings. The smallest absolute Gasteiger partial charge is 0.462 e. The monoisotopic (exact) mass is 1540 g/mol. The zero-order valence-electron chi connectivity index (χ0n) is 68.9. The highest BCUT2D eigenvalue weighted by atomic mass is 31.2. The van der Waals surface area contributed by atoms with Gasteiger partial charge in [-0.1, -0.05) is 413 Å². The van der Waals surface area contributed by atoms with E-state index < -0.39 is 97.5 Å². The molecule has 0 aliphatic heterocycles. The van der Waals surface area contributed by atoms with Gasteiger partial charge in [-0.05, 0) is 31.6 Å². The number of phosphoric acid groups is 2. The van der Waals surface area contributed by atoms with E-state index in [4.69, 9.17) is 37.0 Å². The first-order valence-corrected chi connectivity index (χ1v) is 47.6. The third-order valence-corrected chi connectivity index (χ3v) is 22.2. The molecule has 0 aromatic heterocycles. The van der Waals surface area contributed by atoms with Crippen LogP contribution in [-0.2, 0) is 65.4 Å². The Morgan fingerprint density at radius 3 is 0.648 bits per heavy atom. The summed E-state index contributed by atoms with van der Waals surface area (Å²) in [5.41, 5.74) is 0. The highest BCUT2D eigenvalue weighted by Gasteiger charge is 2.30. The van der Waals surface area contributed by atoms with Gasteiger partial charge in [-0.25, -0.2) is 9.13 Å². The molecule has 0 spiro atoms. The Bertz CT molecular complexity index is 2000. The maximum atomic E-state index is 13.1. The lowest BCUT2D eigenvalue weighted by molar-refractivity contribution is -0.161. The van der Waals surface area contributed by atoms with Gasteiger partial charge in [0.1, 0.15) is 19.3 Å². The van der Waals surface area contributed by atoms with Crippen LogP contribution >= 0.6 is 15.6 Å². The lowest BCUT2D eigenvalue weighted by Gasteiger charge is -2.21. The largest absolute Gasteiger partial charge is 0.472 e. The minimum absolute atomic E-state index is 0.109. The number of esters is 4. The number of ether oxygens (including phenoxy) is 4. The molecule has 0 saturated carbocycles. The Morgan fingerprint density at radius 2 is 0.438 bits per heavy atom. The van der Waals surface area contributed by atoms with E-state index in [1.54, 1.807) is 0 Å². The molecule has 0 amide bonds. The van der Waals surface area contributed by atoms with Gasteiger partial charge < -0.3 is 33.8 Å². The standard InChI is InChI=1S/C86H168O17P2/c1-6-9-12-15-18-21-23-25-27-28-29-30-34-38-41-45-50-55-60-65-70-84(89)97-76-82(103-86(91)72-67-62-57-52-47-43-39-35-32-31-33-37-40-44-49-53-58-63-68-79(4)5)78-101-105(94,95)99-74-80(87)73-98-104(92,93)100-77-81(75-96-83(88)69-64-59-54-48-20-17-14-11-8-3)102-85(90)71-66-61-56-51-46-42-36-26-24-22-19-16-13-10-7-2/h79-82,87H,6-78H2,1-5H3,(H,92,93)(H,94,95)/t80-,81+,82+/m0/s1. The first kappa shape index (κ1) is 103. The average Bonchev–Trinajstić information content (AvgIpc) is 0.919. The second-order valence-electron chi connectivity index (χ2n) is 31.4. The molecule has 0 aromatic rings. The van der Waals surface area contributed by atoms with Gasteiger partial charge in [-0.2, -0.15) is 0 Å². The van der Waals surface area contributed by atoms with Gasteiger partial charge in [0.05, 0.1) is 26.4 Å². The molecule has 5 atom stereocenters. The summed E-state index contributed by atoms with van der Waals surface area (Å²) in [5, 5.41) is 10.7. The molecule has 19 heteroatoms. The van der Waals surface area contributed by atoms with Gasteiger partial charge in [0.25, 0.3) is 0 Å². The fourth-order valence-corrected chi connectivity index (χ4v) is 15.1. The summed E-state index contributed by atoms with van der Waals surface area (Å²) in [6, 6.07) is 0. The fraction of sp³-hybridized carbons (Fsp3) is 0.953. The van der Waals surface area contributed by atoms with E-state index in [2.05, 4.69) is 34.6 Å². The van der Waals surface area contributed by atoms with Gasteiger partial charge >= 0.3 is 39.5 Å². The highest BCUT2D eigenvalue weighted by molar-refractivity contribution is 7.47. The molecule has 0 aliphatic rings. The topological polar surface area (TPSA) is 237 Å². The second kappa shape index (κ2) is 78.7. The molecule has 17 nitrogen and oxygen atoms in total. The molecule has 0 rings (SSSR count). The molecule has 105 heavy (non-hydrogen) atoms. The normalized spacial score (nSPS) is 13.8. The lowest BCUT2D eigenvalue weighted by atomic mass is 10.0. The number of carbonyl (C=O) groups excluding carboxylic acids is 4. The Hall–Kier alpha value is -1.94. The average molecular weight is 1540 g/mol. The quantitative estimate of drug-likeness (QED) is 0.0222. The van der Waals surface area contributed by atoms with Gasteiger partial charge in [0, 0.05) is 25.7 Å². The molecule has 624 valence electrons. The van der Waals surface area contributed by atoms with Crippen molar-refractivity contribution in [2.24, 2.45) is 5.92 Å². The third kappa shape index (κ3) is 79.9. The molecule has 0 aliphatic carbocycles. The number of aliphatic hydroxyl groups is 1. The zero-order chi connectivity index (χ0) is 76.9. The van der Waals surface area contributed by atoms with E-state index >= 15 is 0 Å². The van der Waals surface area contributed by atoms with Gasteiger partial charge in [0.15, 0.2) is 12.2 Å². The van der Waals surface area contributed by atoms with Crippen LogP contribution < -0.4 is 0 Å². The van der Waals surface area contributed by atoms with Crippen molar-refractivity contribution in [3.63, 3.8) is 0 Å². The van der Waals surface area contributed by atoms with E-state index in [-0.39, 0.29) is 25.7 Å². The van der Waals surface area contributed by atoms with Crippen molar-refractivity contribution >= 4 is 39.5 Å². The highest BCUT2D eigenvalue weighted by Crippen LogP contribution is 2.45. The van der Waals surface area contributed by atoms with Crippen LogP contribution in [0.1, 0.15) is 465 Å². The van der Waals surface area contributed by atoms with Crippen LogP contribution in [0.2, 0.25) is 0 Å². The van der Waals surface area contributed by atoms with Crippen LogP contribution in [-0.4, -0.2) is 96.7 Å². The van der Waals surface area contributed by atoms with Crippen LogP contribution in [0.4, 0.5) is 0 Å². The molecule has 0 radical (unpaired) electrons. The number of rotatable bonds is 86. The summed E-state index contributed by atoms with van der Waals surface area (Å²) in [7, 11) is -9.92. The molecular weight excluding hydrogens is 1370 g/mol. The van der Waals surface area contributed by atoms with E-state index in [0.29, 0.717) is 25.7 Å². The molecule has 0 bridgehead atoms. The first-order chi connectivity index (χ1) is 51.0. The third-order valence-electron chi connectivity index (χ3n) is 20.3. The maximum Gasteiger partial charge on any atom is 0.472 e. The van der Waals surface area contributed by atoms with Crippen molar-refractivity contribution in [2.75, 3.05) is 39.6 Å². The summed E-state index contributed by atoms with van der Waals surface area (Å²) in [6.07, 6.45) is 72.3. The van der Waals surface area contributed by atoms with E-state index in [9.17, 15) is 43.2 Å². The van der Waals surface area contributed by atoms with Gasteiger partial charge in [-0.3, -0.25) is 37.3 Å². The van der Waals surface area contributed by atoms with E-state index in [1.165, 1.54) is 289 Å². The van der Waals surface area contributed by atoms with Crippen molar-refractivity contribution in [1.82, 2.24) is 0 Å². The SMILES string of the molecule is CCCCCCCCCCCCCCCCCCCCCCC(=O)OC[C@H](COP(=O)(O)OC[C@@H](O)COP(=O)(O)OC[C@@H](COC(=O)CCCCCCCCCCC)OC(=O)CCCCCCCCCCCCCCCCC)OC(=O)CCCCCCCCCCCCCCCCCCCCC(C)C. The molecule has 0 aromatic carbocycles. The molecule has 3 N–H and O–H groups in total. The number of hydrogen-bond acceptors (Lipinski definition) is 15. The van der Waals surface area contributed by atoms with E-state index in [1.807, 2.05) is 0 Å². The van der Waals surface area contributed by atoms with Crippen molar-refractivity contribution < 1.29 is 80.2 Å². The minimum Gasteiger partial charge on any atom is -0.462 e. The second-order valence-corrected chi connectivity index (χ2v) is 34.3. The predicted octanol–water partition coefficient (Wildman–Crippen LogP) is 26.4. The van der Waals surface area contributed by atoms with Crippen LogP contribution in [0.15, 0.2) is 0 Å². The Labute approximate surface area is 645 Å². The Kier molecular flexibility index (Phi) is 77.3. The number of phosphoric ester groups is 2. The summed E-state index contributed by atoms with van der Waals surface area (Å²) in [5.74, 6) is -1.28. The van der Waals surface area contributed by atoms with Crippen molar-refractivity contribution in [3.8, 4) is 0 Å².